The summed E-state index contributed by atoms with van der Waals surface area (Å²) in [6.45, 7) is 6.48. The van der Waals surface area contributed by atoms with Crippen LogP contribution in [0, 0.1) is 0 Å². The summed E-state index contributed by atoms with van der Waals surface area (Å²) in [5.74, 6) is -0.0527. The maximum atomic E-state index is 12.3. The minimum atomic E-state index is -0.0277. The van der Waals surface area contributed by atoms with Crippen LogP contribution in [0.3, 0.4) is 0 Å². The predicted octanol–water partition coefficient (Wildman–Crippen LogP) is 0.782. The molecule has 0 aromatic heterocycles. The zero-order valence-corrected chi connectivity index (χ0v) is 15.9. The number of rotatable bonds is 7. The smallest absolute Gasteiger partial charge is 0.275 e. The Kier molecular flexibility index (Phi) is 7.00. The van der Waals surface area contributed by atoms with Gasteiger partial charge in [-0.05, 0) is 63.1 Å². The van der Waals surface area contributed by atoms with Gasteiger partial charge in [0.1, 0.15) is 0 Å². The van der Waals surface area contributed by atoms with E-state index in [9.17, 15) is 9.59 Å². The molecule has 0 radical (unpaired) electrons. The maximum absolute atomic E-state index is 12.3. The summed E-state index contributed by atoms with van der Waals surface area (Å²) >= 11 is 0. The molecule has 5 nitrogen and oxygen atoms in total. The van der Waals surface area contributed by atoms with Crippen molar-refractivity contribution in [3.05, 3.63) is 34.9 Å². The number of quaternary nitrogens is 1. The lowest BCUT2D eigenvalue weighted by atomic mass is 9.89. The van der Waals surface area contributed by atoms with Crippen LogP contribution in [0.5, 0.6) is 0 Å². The summed E-state index contributed by atoms with van der Waals surface area (Å²) < 4.78 is 0. The summed E-state index contributed by atoms with van der Waals surface area (Å²) in [7, 11) is 1.86. The van der Waals surface area contributed by atoms with Gasteiger partial charge in [0.05, 0.1) is 13.1 Å². The van der Waals surface area contributed by atoms with Crippen LogP contribution in [-0.2, 0) is 22.4 Å². The third-order valence-corrected chi connectivity index (χ3v) is 4.62. The number of carbonyl (C=O) groups excluding carboxylic acids is 2. The van der Waals surface area contributed by atoms with Gasteiger partial charge < -0.3 is 15.5 Å². The largest absolute Gasteiger partial charge is 0.349 e. The highest BCUT2D eigenvalue weighted by Gasteiger charge is 2.18. The van der Waals surface area contributed by atoms with E-state index in [4.69, 9.17) is 0 Å². The summed E-state index contributed by atoms with van der Waals surface area (Å²) in [6.07, 6.45) is 4.84. The van der Waals surface area contributed by atoms with Crippen molar-refractivity contribution in [1.29, 1.82) is 0 Å². The Hall–Kier alpha value is -1.88. The zero-order chi connectivity index (χ0) is 18.4. The highest BCUT2D eigenvalue weighted by molar-refractivity contribution is 5.79. The third kappa shape index (κ3) is 6.16. The van der Waals surface area contributed by atoms with Gasteiger partial charge in [0.2, 0.25) is 0 Å². The minimum Gasteiger partial charge on any atom is -0.349 e. The first-order chi connectivity index (χ1) is 11.8. The number of hydrogen-bond acceptors (Lipinski definition) is 2. The van der Waals surface area contributed by atoms with Crippen molar-refractivity contribution >= 4 is 11.8 Å². The molecule has 25 heavy (non-hydrogen) atoms. The Balaban J connectivity index is 1.84. The molecule has 2 atom stereocenters. The molecule has 2 rings (SSSR count). The second kappa shape index (κ2) is 8.99. The molecule has 5 heteroatoms. The van der Waals surface area contributed by atoms with Crippen LogP contribution in [-0.4, -0.2) is 38.0 Å². The number of fused-ring (bicyclic) bond motifs is 1. The lowest BCUT2D eigenvalue weighted by Crippen LogP contribution is -3.11. The second-order valence-electron chi connectivity index (χ2n) is 7.56. The van der Waals surface area contributed by atoms with Gasteiger partial charge in [0.15, 0.2) is 13.1 Å². The van der Waals surface area contributed by atoms with Crippen molar-refractivity contribution in [2.45, 2.75) is 58.5 Å². The number of carbonyl (C=O) groups is 2. The van der Waals surface area contributed by atoms with Crippen molar-refractivity contribution in [1.82, 2.24) is 10.6 Å². The van der Waals surface area contributed by atoms with E-state index in [1.807, 2.05) is 27.8 Å². The molecular weight excluding hydrogens is 314 g/mol. The fraction of sp³-hybridized carbons (Fsp3) is 0.600. The van der Waals surface area contributed by atoms with Crippen LogP contribution < -0.4 is 15.5 Å². The topological polar surface area (TPSA) is 62.6 Å². The summed E-state index contributed by atoms with van der Waals surface area (Å²) in [4.78, 5) is 24.9. The molecule has 138 valence electrons. The highest BCUT2D eigenvalue weighted by atomic mass is 16.2. The lowest BCUT2D eigenvalue weighted by Gasteiger charge is -2.21. The fourth-order valence-electron chi connectivity index (χ4n) is 3.38. The molecule has 0 spiro atoms. The van der Waals surface area contributed by atoms with Gasteiger partial charge in [-0.2, -0.15) is 0 Å². The second-order valence-corrected chi connectivity index (χ2v) is 7.56. The summed E-state index contributed by atoms with van der Waals surface area (Å²) in [5, 5.41) is 5.91. The Labute approximate surface area is 151 Å². The first-order valence-corrected chi connectivity index (χ1v) is 9.37. The molecular formula is C20H32N3O2+. The molecule has 2 amide bonds. The van der Waals surface area contributed by atoms with E-state index in [-0.39, 0.29) is 23.9 Å². The molecule has 0 fully saturated rings. The van der Waals surface area contributed by atoms with Gasteiger partial charge >= 0.3 is 0 Å². The molecule has 0 saturated carbocycles. The van der Waals surface area contributed by atoms with E-state index in [0.717, 1.165) is 16.9 Å². The molecule has 1 aromatic rings. The molecule has 0 saturated heterocycles. The van der Waals surface area contributed by atoms with E-state index in [0.29, 0.717) is 13.1 Å². The van der Waals surface area contributed by atoms with Gasteiger partial charge in [-0.1, -0.05) is 18.2 Å². The molecule has 0 aliphatic heterocycles. The van der Waals surface area contributed by atoms with E-state index in [1.54, 1.807) is 0 Å². The highest BCUT2D eigenvalue weighted by Crippen LogP contribution is 2.24. The van der Waals surface area contributed by atoms with E-state index >= 15 is 0 Å². The van der Waals surface area contributed by atoms with Gasteiger partial charge in [-0.25, -0.2) is 0 Å². The molecule has 1 aliphatic rings. The normalized spacial score (nSPS) is 16.0. The summed E-state index contributed by atoms with van der Waals surface area (Å²) in [5.41, 5.74) is 4.04. The van der Waals surface area contributed by atoms with Crippen molar-refractivity contribution in [3.63, 3.8) is 0 Å². The van der Waals surface area contributed by atoms with Gasteiger partial charge in [-0.3, -0.25) is 9.59 Å². The first-order valence-electron chi connectivity index (χ1n) is 9.37. The van der Waals surface area contributed by atoms with E-state index in [1.165, 1.54) is 30.4 Å². The Bertz CT molecular complexity index is 613. The van der Waals surface area contributed by atoms with Crippen LogP contribution in [0.1, 0.15) is 56.3 Å². The molecule has 0 bridgehead atoms. The number of nitrogens with one attached hydrogen (secondary N) is 3. The number of likely N-dealkylation sites (N-methyl/N-ethyl adjacent to an activating group) is 1. The van der Waals surface area contributed by atoms with Crippen LogP contribution in [0.25, 0.3) is 0 Å². The van der Waals surface area contributed by atoms with Gasteiger partial charge in [0, 0.05) is 6.04 Å². The number of hydrogen-bond donors (Lipinski definition) is 3. The monoisotopic (exact) mass is 346 g/mol. The Morgan fingerprint density at radius 1 is 1.00 bits per heavy atom. The average Bonchev–Trinajstić information content (AvgIpc) is 2.52. The average molecular weight is 346 g/mol. The number of aryl methyl sites for hydroxylation is 2. The standard InChI is InChI=1S/C20H31N3O2/c1-14(2)21-19(24)12-23(4)13-20(25)22-15(3)17-10-9-16-7-5-6-8-18(16)11-17/h9-11,14-15H,5-8,12-13H2,1-4H3,(H,21,24)(H,22,25)/p+1/t15-/m0/s1. The molecule has 0 heterocycles. The van der Waals surface area contributed by atoms with Gasteiger partial charge in [0.25, 0.3) is 11.8 Å². The lowest BCUT2D eigenvalue weighted by molar-refractivity contribution is -0.862. The molecule has 1 aliphatic carbocycles. The number of amides is 2. The predicted molar refractivity (Wildman–Crippen MR) is 99.5 cm³/mol. The third-order valence-electron chi connectivity index (χ3n) is 4.62. The maximum Gasteiger partial charge on any atom is 0.275 e. The Morgan fingerprint density at radius 3 is 2.24 bits per heavy atom. The van der Waals surface area contributed by atoms with Crippen molar-refractivity contribution in [2.24, 2.45) is 0 Å². The SMILES string of the molecule is CC(C)NC(=O)C[NH+](C)CC(=O)N[C@@H](C)c1ccc2c(c1)CCCC2. The quantitative estimate of drug-likeness (QED) is 0.683. The van der Waals surface area contributed by atoms with Gasteiger partial charge in [-0.15, -0.1) is 0 Å². The van der Waals surface area contributed by atoms with Crippen LogP contribution in [0.2, 0.25) is 0 Å². The van der Waals surface area contributed by atoms with Crippen molar-refractivity contribution < 1.29 is 14.5 Å². The minimum absolute atomic E-state index is 0.0167. The van der Waals surface area contributed by atoms with E-state index < -0.39 is 0 Å². The summed E-state index contributed by atoms with van der Waals surface area (Å²) in [6, 6.07) is 6.68. The van der Waals surface area contributed by atoms with Crippen molar-refractivity contribution in [2.75, 3.05) is 20.1 Å². The van der Waals surface area contributed by atoms with E-state index in [2.05, 4.69) is 28.8 Å². The number of benzene rings is 1. The molecule has 1 unspecified atom stereocenters. The molecule has 1 aromatic carbocycles. The van der Waals surface area contributed by atoms with Crippen LogP contribution in [0.15, 0.2) is 18.2 Å². The molecule has 3 N–H and O–H groups in total. The first kappa shape index (κ1) is 19.4. The van der Waals surface area contributed by atoms with Crippen LogP contribution in [0.4, 0.5) is 0 Å². The zero-order valence-electron chi connectivity index (χ0n) is 15.9. The fourth-order valence-corrected chi connectivity index (χ4v) is 3.38. The Morgan fingerprint density at radius 2 is 1.60 bits per heavy atom. The van der Waals surface area contributed by atoms with Crippen molar-refractivity contribution in [3.8, 4) is 0 Å². The van der Waals surface area contributed by atoms with Crippen LogP contribution >= 0.6 is 0 Å².